The van der Waals surface area contributed by atoms with Crippen LogP contribution < -0.4 is 0 Å². The van der Waals surface area contributed by atoms with Crippen molar-refractivity contribution in [3.8, 4) is 0 Å². The topological polar surface area (TPSA) is 0 Å². The zero-order valence-corrected chi connectivity index (χ0v) is 7.49. The predicted octanol–water partition coefficient (Wildman–Crippen LogP) is 3.63. The van der Waals surface area contributed by atoms with Crippen LogP contribution in [0.2, 0.25) is 0 Å². The second-order valence-electron chi connectivity index (χ2n) is 3.67. The highest BCUT2D eigenvalue weighted by atomic mass is 19.1. The second-order valence-corrected chi connectivity index (χ2v) is 3.67. The van der Waals surface area contributed by atoms with Gasteiger partial charge in [0.15, 0.2) is 0 Å². The summed E-state index contributed by atoms with van der Waals surface area (Å²) < 4.78 is 13.4. The summed E-state index contributed by atoms with van der Waals surface area (Å²) in [6.07, 6.45) is 6.61. The Morgan fingerprint density at radius 2 is 2.27 bits per heavy atom. The van der Waals surface area contributed by atoms with Crippen molar-refractivity contribution in [2.45, 2.75) is 51.6 Å². The maximum atomic E-state index is 13.4. The van der Waals surface area contributed by atoms with Crippen LogP contribution in [0.1, 0.15) is 46.0 Å². The quantitative estimate of drug-likeness (QED) is 0.508. The van der Waals surface area contributed by atoms with Gasteiger partial charge in [0.2, 0.25) is 0 Å². The summed E-state index contributed by atoms with van der Waals surface area (Å²) in [5.74, 6) is 0. The van der Waals surface area contributed by atoms with E-state index in [-0.39, 0.29) is 0 Å². The van der Waals surface area contributed by atoms with Crippen molar-refractivity contribution >= 4 is 0 Å². The van der Waals surface area contributed by atoms with Crippen molar-refractivity contribution in [1.29, 1.82) is 0 Å². The molecule has 0 aromatic carbocycles. The number of halogens is 1. The Hall–Kier alpha value is -0.330. The van der Waals surface area contributed by atoms with Gasteiger partial charge in [-0.2, -0.15) is 0 Å². The monoisotopic (exact) mass is 156 g/mol. The van der Waals surface area contributed by atoms with Crippen LogP contribution in [0, 0.1) is 0 Å². The third-order valence-electron chi connectivity index (χ3n) is 2.52. The van der Waals surface area contributed by atoms with Gasteiger partial charge in [0.05, 0.1) is 0 Å². The number of alkyl halides is 1. The van der Waals surface area contributed by atoms with Crippen LogP contribution >= 0.6 is 0 Å². The summed E-state index contributed by atoms with van der Waals surface area (Å²) in [7, 11) is 0. The minimum Gasteiger partial charge on any atom is -0.244 e. The average Bonchev–Trinajstić information content (AvgIpc) is 2.10. The highest BCUT2D eigenvalue weighted by molar-refractivity contribution is 5.05. The lowest BCUT2D eigenvalue weighted by molar-refractivity contribution is 0.166. The fourth-order valence-corrected chi connectivity index (χ4v) is 1.55. The number of hydrogen-bond acceptors (Lipinski definition) is 0. The Labute approximate surface area is 68.5 Å². The van der Waals surface area contributed by atoms with Crippen LogP contribution in [-0.4, -0.2) is 5.67 Å². The molecule has 0 spiro atoms. The molecule has 1 aliphatic rings. The highest BCUT2D eigenvalue weighted by Crippen LogP contribution is 2.30. The molecule has 1 rings (SSSR count). The van der Waals surface area contributed by atoms with Crippen molar-refractivity contribution in [3.05, 3.63) is 11.6 Å². The standard InChI is InChI=1S/C10H17F/c1-3-9-5-4-7-10(2,11)8-6-9/h5H,3-4,6-8H2,1-2H3. The van der Waals surface area contributed by atoms with E-state index in [4.69, 9.17) is 0 Å². The average molecular weight is 156 g/mol. The van der Waals surface area contributed by atoms with Crippen molar-refractivity contribution in [2.75, 3.05) is 0 Å². The van der Waals surface area contributed by atoms with Crippen molar-refractivity contribution in [2.24, 2.45) is 0 Å². The Morgan fingerprint density at radius 1 is 1.55 bits per heavy atom. The molecular formula is C10H17F. The largest absolute Gasteiger partial charge is 0.244 e. The molecule has 0 saturated heterocycles. The van der Waals surface area contributed by atoms with E-state index in [9.17, 15) is 4.39 Å². The first kappa shape index (κ1) is 8.76. The molecule has 64 valence electrons. The van der Waals surface area contributed by atoms with E-state index in [2.05, 4.69) is 13.0 Å². The van der Waals surface area contributed by atoms with Gasteiger partial charge in [-0.05, 0) is 39.0 Å². The van der Waals surface area contributed by atoms with E-state index in [1.165, 1.54) is 5.57 Å². The molecule has 0 amide bonds. The molecule has 11 heavy (non-hydrogen) atoms. The second kappa shape index (κ2) is 3.38. The van der Waals surface area contributed by atoms with Crippen LogP contribution in [0.15, 0.2) is 11.6 Å². The Kier molecular flexibility index (Phi) is 2.69. The summed E-state index contributed by atoms with van der Waals surface area (Å²) in [4.78, 5) is 0. The van der Waals surface area contributed by atoms with Gasteiger partial charge in [0, 0.05) is 0 Å². The van der Waals surface area contributed by atoms with Crippen molar-refractivity contribution in [1.82, 2.24) is 0 Å². The van der Waals surface area contributed by atoms with Crippen LogP contribution in [0.4, 0.5) is 4.39 Å². The molecular weight excluding hydrogens is 139 g/mol. The molecule has 1 unspecified atom stereocenters. The summed E-state index contributed by atoms with van der Waals surface area (Å²) >= 11 is 0. The van der Waals surface area contributed by atoms with Gasteiger partial charge in [-0.1, -0.05) is 18.6 Å². The zero-order chi connectivity index (χ0) is 8.32. The maximum Gasteiger partial charge on any atom is 0.108 e. The molecule has 1 aliphatic carbocycles. The number of rotatable bonds is 1. The summed E-state index contributed by atoms with van der Waals surface area (Å²) in [6, 6.07) is 0. The van der Waals surface area contributed by atoms with E-state index >= 15 is 0 Å². The lowest BCUT2D eigenvalue weighted by atomic mass is 9.98. The van der Waals surface area contributed by atoms with Gasteiger partial charge < -0.3 is 0 Å². The van der Waals surface area contributed by atoms with Gasteiger partial charge >= 0.3 is 0 Å². The molecule has 0 heterocycles. The normalized spacial score (nSPS) is 32.8. The molecule has 1 heteroatoms. The van der Waals surface area contributed by atoms with E-state index in [0.717, 1.165) is 19.3 Å². The van der Waals surface area contributed by atoms with Crippen LogP contribution in [0.5, 0.6) is 0 Å². The first-order valence-electron chi connectivity index (χ1n) is 4.51. The minimum absolute atomic E-state index is 0.705. The van der Waals surface area contributed by atoms with Crippen molar-refractivity contribution < 1.29 is 4.39 Å². The zero-order valence-electron chi connectivity index (χ0n) is 7.49. The predicted molar refractivity (Wildman–Crippen MR) is 46.4 cm³/mol. The van der Waals surface area contributed by atoms with Crippen LogP contribution in [-0.2, 0) is 0 Å². The smallest absolute Gasteiger partial charge is 0.108 e. The molecule has 0 saturated carbocycles. The van der Waals surface area contributed by atoms with Crippen LogP contribution in [0.3, 0.4) is 0 Å². The summed E-state index contributed by atoms with van der Waals surface area (Å²) in [5.41, 5.74) is 0.527. The van der Waals surface area contributed by atoms with E-state index < -0.39 is 5.67 Å². The Bertz CT molecular complexity index is 156. The minimum atomic E-state index is -0.909. The molecule has 0 aliphatic heterocycles. The van der Waals surface area contributed by atoms with Gasteiger partial charge in [0.25, 0.3) is 0 Å². The third kappa shape index (κ3) is 2.64. The first-order chi connectivity index (χ1) is 5.14. The number of hydrogen-bond donors (Lipinski definition) is 0. The highest BCUT2D eigenvalue weighted by Gasteiger charge is 2.23. The maximum absolute atomic E-state index is 13.4. The van der Waals surface area contributed by atoms with Crippen LogP contribution in [0.25, 0.3) is 0 Å². The molecule has 1 atom stereocenters. The third-order valence-corrected chi connectivity index (χ3v) is 2.52. The molecule has 0 N–H and O–H groups in total. The Balaban J connectivity index is 2.50. The van der Waals surface area contributed by atoms with Gasteiger partial charge in [-0.15, -0.1) is 0 Å². The lowest BCUT2D eigenvalue weighted by Crippen LogP contribution is -2.15. The molecule has 0 nitrogen and oxygen atoms in total. The van der Waals surface area contributed by atoms with E-state index in [1.54, 1.807) is 6.92 Å². The number of allylic oxidation sites excluding steroid dienone is 2. The summed E-state index contributed by atoms with van der Waals surface area (Å²) in [5, 5.41) is 0. The molecule has 0 bridgehead atoms. The summed E-state index contributed by atoms with van der Waals surface area (Å²) in [6.45, 7) is 3.87. The lowest BCUT2D eigenvalue weighted by Gasteiger charge is -2.16. The Morgan fingerprint density at radius 3 is 2.91 bits per heavy atom. The first-order valence-corrected chi connectivity index (χ1v) is 4.51. The van der Waals surface area contributed by atoms with Gasteiger partial charge in [-0.25, -0.2) is 4.39 Å². The molecule has 0 radical (unpaired) electrons. The van der Waals surface area contributed by atoms with Gasteiger partial charge in [0.1, 0.15) is 5.67 Å². The fraction of sp³-hybridized carbons (Fsp3) is 0.800. The van der Waals surface area contributed by atoms with Gasteiger partial charge in [-0.3, -0.25) is 0 Å². The SMILES string of the molecule is CCC1=CCCC(C)(F)CC1. The van der Waals surface area contributed by atoms with E-state index in [0.29, 0.717) is 12.8 Å². The molecule has 0 fully saturated rings. The molecule has 0 aromatic heterocycles. The van der Waals surface area contributed by atoms with Crippen molar-refractivity contribution in [3.63, 3.8) is 0 Å². The molecule has 0 aromatic rings. The fourth-order valence-electron chi connectivity index (χ4n) is 1.55. The van der Waals surface area contributed by atoms with E-state index in [1.807, 2.05) is 0 Å².